The third-order valence-corrected chi connectivity index (χ3v) is 4.89. The molecule has 0 bridgehead atoms. The molecule has 27 heavy (non-hydrogen) atoms. The zero-order valence-corrected chi connectivity index (χ0v) is 15.9. The minimum atomic E-state index is -4.00. The molecule has 0 aliphatic rings. The van der Waals surface area contributed by atoms with E-state index in [-0.39, 0.29) is 29.7 Å². The lowest BCUT2D eigenvalue weighted by atomic mass is 9.99. The number of esters is 1. The average molecular weight is 391 g/mol. The number of ether oxygens (including phenoxy) is 1. The molecule has 0 radical (unpaired) electrons. The Balaban J connectivity index is 2.28. The normalized spacial score (nSPS) is 12.1. The molecule has 0 aliphatic carbocycles. The van der Waals surface area contributed by atoms with E-state index in [4.69, 9.17) is 8.92 Å². The second-order valence-corrected chi connectivity index (χ2v) is 7.21. The Morgan fingerprint density at radius 2 is 1.78 bits per heavy atom. The molecule has 0 heterocycles. The van der Waals surface area contributed by atoms with Crippen molar-refractivity contribution in [2.75, 3.05) is 13.2 Å². The number of rotatable bonds is 8. The summed E-state index contributed by atoms with van der Waals surface area (Å²) >= 11 is 0. The highest BCUT2D eigenvalue weighted by Crippen LogP contribution is 2.24. The molecular formula is C19H21NO6S. The molecule has 0 fully saturated rings. The molecule has 1 amide bonds. The van der Waals surface area contributed by atoms with Crippen LogP contribution in [0.3, 0.4) is 0 Å². The molecule has 7 nitrogen and oxygen atoms in total. The van der Waals surface area contributed by atoms with E-state index < -0.39 is 22.0 Å². The van der Waals surface area contributed by atoms with Crippen molar-refractivity contribution in [3.8, 4) is 5.75 Å². The summed E-state index contributed by atoms with van der Waals surface area (Å²) in [5, 5.41) is 2.58. The molecule has 1 atom stereocenters. The van der Waals surface area contributed by atoms with Gasteiger partial charge in [-0.25, -0.2) is 0 Å². The molecule has 0 spiro atoms. The van der Waals surface area contributed by atoms with Crippen LogP contribution >= 0.6 is 0 Å². The van der Waals surface area contributed by atoms with E-state index in [1.807, 2.05) is 0 Å². The molecule has 8 heteroatoms. The molecule has 2 rings (SSSR count). The summed E-state index contributed by atoms with van der Waals surface area (Å²) < 4.78 is 35.0. The maximum absolute atomic E-state index is 12.4. The first kappa shape index (κ1) is 20.4. The van der Waals surface area contributed by atoms with E-state index in [9.17, 15) is 18.0 Å². The van der Waals surface area contributed by atoms with Crippen LogP contribution in [-0.2, 0) is 24.4 Å². The van der Waals surface area contributed by atoms with Crippen LogP contribution in [0.1, 0.15) is 25.3 Å². The molecule has 144 valence electrons. The summed E-state index contributed by atoms with van der Waals surface area (Å²) in [6.07, 6.45) is 0. The van der Waals surface area contributed by atoms with Gasteiger partial charge in [-0.05, 0) is 36.8 Å². The van der Waals surface area contributed by atoms with Gasteiger partial charge in [-0.2, -0.15) is 8.42 Å². The van der Waals surface area contributed by atoms with Gasteiger partial charge in [0.2, 0.25) is 5.91 Å². The number of hydrogen-bond donors (Lipinski definition) is 1. The van der Waals surface area contributed by atoms with Gasteiger partial charge in [-0.3, -0.25) is 9.59 Å². The van der Waals surface area contributed by atoms with Gasteiger partial charge < -0.3 is 14.2 Å². The summed E-state index contributed by atoms with van der Waals surface area (Å²) in [5.41, 5.74) is 0.475. The van der Waals surface area contributed by atoms with E-state index >= 15 is 0 Å². The van der Waals surface area contributed by atoms with Crippen molar-refractivity contribution in [2.45, 2.75) is 24.7 Å². The number of benzene rings is 2. The molecule has 0 saturated carbocycles. The highest BCUT2D eigenvalue weighted by Gasteiger charge is 2.24. The van der Waals surface area contributed by atoms with Crippen LogP contribution < -0.4 is 9.50 Å². The van der Waals surface area contributed by atoms with Crippen molar-refractivity contribution in [1.29, 1.82) is 0 Å². The Labute approximate surface area is 158 Å². The predicted octanol–water partition coefficient (Wildman–Crippen LogP) is 2.24. The smallest absolute Gasteiger partial charge is 0.339 e. The molecule has 1 N–H and O–H groups in total. The monoisotopic (exact) mass is 391 g/mol. The van der Waals surface area contributed by atoms with Gasteiger partial charge in [0.1, 0.15) is 10.6 Å². The summed E-state index contributed by atoms with van der Waals surface area (Å²) in [6.45, 7) is 3.24. The van der Waals surface area contributed by atoms with E-state index in [1.165, 1.54) is 31.2 Å². The lowest BCUT2D eigenvalue weighted by molar-refractivity contribution is -0.144. The average Bonchev–Trinajstić information content (AvgIpc) is 2.62. The Bertz CT molecular complexity index is 895. The van der Waals surface area contributed by atoms with Crippen LogP contribution in [-0.4, -0.2) is 33.4 Å². The van der Waals surface area contributed by atoms with Gasteiger partial charge in [0.25, 0.3) is 0 Å². The fraction of sp³-hybridized carbons (Fsp3) is 0.263. The Kier molecular flexibility index (Phi) is 6.95. The second kappa shape index (κ2) is 9.18. The largest absolute Gasteiger partial charge is 0.465 e. The first-order valence-electron chi connectivity index (χ1n) is 8.34. The number of carbonyl (C=O) groups excluding carboxylic acids is 2. The molecule has 0 aliphatic heterocycles. The summed E-state index contributed by atoms with van der Waals surface area (Å²) in [6, 6.07) is 13.9. The molecule has 2 aromatic rings. The van der Waals surface area contributed by atoms with E-state index in [0.29, 0.717) is 5.56 Å². The van der Waals surface area contributed by atoms with E-state index in [1.54, 1.807) is 37.3 Å². The van der Waals surface area contributed by atoms with Crippen molar-refractivity contribution in [3.63, 3.8) is 0 Å². The maximum atomic E-state index is 12.4. The van der Waals surface area contributed by atoms with Crippen LogP contribution in [0, 0.1) is 0 Å². The third kappa shape index (κ3) is 5.82. The van der Waals surface area contributed by atoms with Crippen molar-refractivity contribution >= 4 is 22.0 Å². The SMILES string of the molecule is CCOC(=O)C(CNC(C)=O)c1cccc(OS(=O)(=O)c2ccccc2)c1. The zero-order valence-electron chi connectivity index (χ0n) is 15.0. The highest BCUT2D eigenvalue weighted by atomic mass is 32.2. The van der Waals surface area contributed by atoms with E-state index in [2.05, 4.69) is 5.32 Å². The zero-order chi connectivity index (χ0) is 19.9. The third-order valence-electron chi connectivity index (χ3n) is 3.62. The quantitative estimate of drug-likeness (QED) is 0.547. The fourth-order valence-corrected chi connectivity index (χ4v) is 3.31. The summed E-state index contributed by atoms with van der Waals surface area (Å²) in [4.78, 5) is 23.5. The van der Waals surface area contributed by atoms with Gasteiger partial charge in [0.05, 0.1) is 12.5 Å². The lowest BCUT2D eigenvalue weighted by Gasteiger charge is -2.17. The van der Waals surface area contributed by atoms with Crippen molar-refractivity contribution in [1.82, 2.24) is 5.32 Å². The Morgan fingerprint density at radius 3 is 2.41 bits per heavy atom. The molecule has 0 aromatic heterocycles. The topological polar surface area (TPSA) is 98.8 Å². The molecule has 2 aromatic carbocycles. The van der Waals surface area contributed by atoms with E-state index in [0.717, 1.165) is 0 Å². The summed E-state index contributed by atoms with van der Waals surface area (Å²) in [5.74, 6) is -1.53. The lowest BCUT2D eigenvalue weighted by Crippen LogP contribution is -2.31. The molecule has 0 saturated heterocycles. The molecular weight excluding hydrogens is 370 g/mol. The highest BCUT2D eigenvalue weighted by molar-refractivity contribution is 7.87. The van der Waals surface area contributed by atoms with Crippen LogP contribution in [0.15, 0.2) is 59.5 Å². The second-order valence-electron chi connectivity index (χ2n) is 5.66. The van der Waals surface area contributed by atoms with Crippen molar-refractivity contribution in [2.24, 2.45) is 0 Å². The maximum Gasteiger partial charge on any atom is 0.339 e. The number of amides is 1. The Morgan fingerprint density at radius 1 is 1.07 bits per heavy atom. The van der Waals surface area contributed by atoms with Gasteiger partial charge in [0, 0.05) is 13.5 Å². The minimum Gasteiger partial charge on any atom is -0.465 e. The minimum absolute atomic E-state index is 0.0237. The van der Waals surface area contributed by atoms with Gasteiger partial charge in [0.15, 0.2) is 0 Å². The Hall–Kier alpha value is -2.87. The van der Waals surface area contributed by atoms with Gasteiger partial charge in [-0.15, -0.1) is 0 Å². The van der Waals surface area contributed by atoms with Gasteiger partial charge in [-0.1, -0.05) is 30.3 Å². The number of hydrogen-bond acceptors (Lipinski definition) is 6. The van der Waals surface area contributed by atoms with Crippen LogP contribution in [0.2, 0.25) is 0 Å². The van der Waals surface area contributed by atoms with Crippen LogP contribution in [0.25, 0.3) is 0 Å². The fourth-order valence-electron chi connectivity index (χ4n) is 2.37. The summed E-state index contributed by atoms with van der Waals surface area (Å²) in [7, 11) is -4.00. The first-order chi connectivity index (χ1) is 12.8. The molecule has 1 unspecified atom stereocenters. The number of nitrogens with one attached hydrogen (secondary N) is 1. The first-order valence-corrected chi connectivity index (χ1v) is 9.75. The van der Waals surface area contributed by atoms with Crippen LogP contribution in [0.5, 0.6) is 5.75 Å². The standard InChI is InChI=1S/C19H21NO6S/c1-3-25-19(22)18(13-20-14(2)21)15-8-7-9-16(12-15)26-27(23,24)17-10-5-4-6-11-17/h4-12,18H,3,13H2,1-2H3,(H,20,21). The predicted molar refractivity (Wildman–Crippen MR) is 98.8 cm³/mol. The number of carbonyl (C=O) groups is 2. The van der Waals surface area contributed by atoms with Gasteiger partial charge >= 0.3 is 16.1 Å². The van der Waals surface area contributed by atoms with Crippen molar-refractivity contribution in [3.05, 3.63) is 60.2 Å². The van der Waals surface area contributed by atoms with Crippen molar-refractivity contribution < 1.29 is 26.9 Å². The van der Waals surface area contributed by atoms with Crippen LogP contribution in [0.4, 0.5) is 0 Å².